The van der Waals surface area contributed by atoms with Crippen molar-refractivity contribution in [2.24, 2.45) is 0 Å². The molecule has 0 spiro atoms. The number of nitrogens with one attached hydrogen (secondary N) is 2. The molecule has 0 aliphatic heterocycles. The Morgan fingerprint density at radius 3 is 2.60 bits per heavy atom. The van der Waals surface area contributed by atoms with E-state index in [1.807, 2.05) is 25.1 Å². The van der Waals surface area contributed by atoms with Crippen LogP contribution in [0.1, 0.15) is 21.5 Å². The highest BCUT2D eigenvalue weighted by Gasteiger charge is 2.17. The Morgan fingerprint density at radius 2 is 1.96 bits per heavy atom. The average molecular weight is 362 g/mol. The molecule has 0 atom stereocenters. The maximum absolute atomic E-state index is 12.5. The van der Waals surface area contributed by atoms with Gasteiger partial charge in [0.05, 0.1) is 4.90 Å². The van der Waals surface area contributed by atoms with Crippen LogP contribution in [0.4, 0.5) is 5.82 Å². The van der Waals surface area contributed by atoms with Gasteiger partial charge in [-0.3, -0.25) is 4.79 Å². The molecule has 0 aliphatic carbocycles. The van der Waals surface area contributed by atoms with Gasteiger partial charge < -0.3 is 10.2 Å². The molecule has 0 unspecified atom stereocenters. The van der Waals surface area contributed by atoms with Crippen LogP contribution in [0.25, 0.3) is 0 Å². The van der Waals surface area contributed by atoms with Crippen molar-refractivity contribution in [3.05, 3.63) is 53.2 Å². The Kier molecular flexibility index (Phi) is 5.76. The lowest BCUT2D eigenvalue weighted by Gasteiger charge is -2.16. The van der Waals surface area contributed by atoms with Gasteiger partial charge in [0.2, 0.25) is 10.0 Å². The van der Waals surface area contributed by atoms with E-state index in [-0.39, 0.29) is 10.8 Å². The molecule has 134 valence electrons. The number of carbonyl (C=O) groups excluding carboxylic acids is 1. The fourth-order valence-corrected chi connectivity index (χ4v) is 3.13. The predicted molar refractivity (Wildman–Crippen MR) is 97.2 cm³/mol. The Bertz CT molecular complexity index is 879. The number of rotatable bonds is 6. The molecule has 0 fully saturated rings. The molecule has 0 aliphatic rings. The van der Waals surface area contributed by atoms with Crippen LogP contribution in [-0.4, -0.2) is 40.5 Å². The summed E-state index contributed by atoms with van der Waals surface area (Å²) < 4.78 is 26.1. The molecule has 2 rings (SSSR count). The molecule has 0 saturated carbocycles. The highest BCUT2D eigenvalue weighted by molar-refractivity contribution is 7.89. The number of amides is 1. The van der Waals surface area contributed by atoms with Gasteiger partial charge in [0.15, 0.2) is 0 Å². The van der Waals surface area contributed by atoms with E-state index in [1.54, 1.807) is 25.3 Å². The van der Waals surface area contributed by atoms with Gasteiger partial charge in [-0.1, -0.05) is 12.1 Å². The first-order valence-electron chi connectivity index (χ1n) is 7.70. The van der Waals surface area contributed by atoms with Gasteiger partial charge in [0.1, 0.15) is 5.82 Å². The number of aromatic nitrogens is 1. The molecule has 1 amide bonds. The molecule has 0 radical (unpaired) electrons. The highest BCUT2D eigenvalue weighted by Crippen LogP contribution is 2.17. The zero-order valence-corrected chi connectivity index (χ0v) is 15.5. The predicted octanol–water partition coefficient (Wildman–Crippen LogP) is 1.29. The quantitative estimate of drug-likeness (QED) is 0.808. The number of pyridine rings is 1. The second-order valence-electron chi connectivity index (χ2n) is 5.75. The summed E-state index contributed by atoms with van der Waals surface area (Å²) in [5, 5.41) is 2.83. The normalized spacial score (nSPS) is 11.2. The van der Waals surface area contributed by atoms with Crippen LogP contribution in [0.2, 0.25) is 0 Å². The molecule has 1 heterocycles. The molecule has 1 aromatic heterocycles. The van der Waals surface area contributed by atoms with Crippen molar-refractivity contribution in [3.63, 3.8) is 0 Å². The van der Waals surface area contributed by atoms with Gasteiger partial charge in [-0.15, -0.1) is 0 Å². The smallest absolute Gasteiger partial charge is 0.251 e. The van der Waals surface area contributed by atoms with E-state index < -0.39 is 10.0 Å². The van der Waals surface area contributed by atoms with Crippen LogP contribution < -0.4 is 14.9 Å². The fraction of sp³-hybridized carbons (Fsp3) is 0.294. The zero-order chi connectivity index (χ0) is 18.6. The minimum Gasteiger partial charge on any atom is -0.362 e. The molecule has 0 saturated heterocycles. The molecule has 1 aromatic carbocycles. The van der Waals surface area contributed by atoms with E-state index in [0.717, 1.165) is 11.4 Å². The molecule has 2 N–H and O–H groups in total. The van der Waals surface area contributed by atoms with Crippen molar-refractivity contribution in [1.82, 2.24) is 15.0 Å². The summed E-state index contributed by atoms with van der Waals surface area (Å²) in [6.07, 6.45) is 1.69. The highest BCUT2D eigenvalue weighted by atomic mass is 32.2. The third-order valence-corrected chi connectivity index (χ3v) is 5.18. The average Bonchev–Trinajstić information content (AvgIpc) is 2.60. The minimum absolute atomic E-state index is 0.0566. The lowest BCUT2D eigenvalue weighted by molar-refractivity contribution is 0.0950. The van der Waals surface area contributed by atoms with Gasteiger partial charge in [0.25, 0.3) is 5.91 Å². The van der Waals surface area contributed by atoms with Crippen LogP contribution in [-0.2, 0) is 16.6 Å². The van der Waals surface area contributed by atoms with Crippen LogP contribution in [0, 0.1) is 6.92 Å². The maximum atomic E-state index is 12.5. The third-order valence-electron chi connectivity index (χ3n) is 3.76. The zero-order valence-electron chi connectivity index (χ0n) is 14.7. The SMILES string of the molecule is CNS(=O)(=O)c1ccc(C)c(C(=O)NCc2cccnc2N(C)C)c1. The molecule has 2 aromatic rings. The lowest BCUT2D eigenvalue weighted by Crippen LogP contribution is -2.26. The number of nitrogens with zero attached hydrogens (tertiary/aromatic N) is 2. The molecule has 8 heteroatoms. The summed E-state index contributed by atoms with van der Waals surface area (Å²) >= 11 is 0. The van der Waals surface area contributed by atoms with Crippen LogP contribution in [0.3, 0.4) is 0 Å². The van der Waals surface area contributed by atoms with E-state index in [4.69, 9.17) is 0 Å². The monoisotopic (exact) mass is 362 g/mol. The Labute approximate surface area is 148 Å². The van der Waals surface area contributed by atoms with Crippen molar-refractivity contribution >= 4 is 21.7 Å². The Hall–Kier alpha value is -2.45. The Morgan fingerprint density at radius 1 is 1.24 bits per heavy atom. The summed E-state index contributed by atoms with van der Waals surface area (Å²) in [7, 11) is 1.49. The molecule has 25 heavy (non-hydrogen) atoms. The molecular weight excluding hydrogens is 340 g/mol. The van der Waals surface area contributed by atoms with E-state index in [1.165, 1.54) is 19.2 Å². The lowest BCUT2D eigenvalue weighted by atomic mass is 10.1. The molecular formula is C17H22N4O3S. The summed E-state index contributed by atoms with van der Waals surface area (Å²) in [5.41, 5.74) is 1.90. The van der Waals surface area contributed by atoms with Gasteiger partial charge in [-0.05, 0) is 37.7 Å². The van der Waals surface area contributed by atoms with Crippen molar-refractivity contribution in [2.45, 2.75) is 18.4 Å². The molecule has 0 bridgehead atoms. The fourth-order valence-electron chi connectivity index (χ4n) is 2.37. The van der Waals surface area contributed by atoms with E-state index in [9.17, 15) is 13.2 Å². The van der Waals surface area contributed by atoms with Crippen molar-refractivity contribution in [3.8, 4) is 0 Å². The summed E-state index contributed by atoms with van der Waals surface area (Å²) in [4.78, 5) is 18.7. The van der Waals surface area contributed by atoms with Crippen LogP contribution >= 0.6 is 0 Å². The number of benzene rings is 1. The van der Waals surface area contributed by atoms with Gasteiger partial charge in [-0.2, -0.15) is 0 Å². The topological polar surface area (TPSA) is 91.4 Å². The van der Waals surface area contributed by atoms with E-state index >= 15 is 0 Å². The van der Waals surface area contributed by atoms with Gasteiger partial charge in [-0.25, -0.2) is 18.1 Å². The molecule has 7 nitrogen and oxygen atoms in total. The number of carbonyl (C=O) groups is 1. The maximum Gasteiger partial charge on any atom is 0.251 e. The number of hydrogen-bond donors (Lipinski definition) is 2. The second-order valence-corrected chi connectivity index (χ2v) is 7.63. The third kappa shape index (κ3) is 4.34. The van der Waals surface area contributed by atoms with Gasteiger partial charge >= 0.3 is 0 Å². The van der Waals surface area contributed by atoms with Crippen LogP contribution in [0.15, 0.2) is 41.4 Å². The number of hydrogen-bond acceptors (Lipinski definition) is 5. The standard InChI is InChI=1S/C17H22N4O3S/c1-12-7-8-14(25(23,24)18-2)10-15(12)17(22)20-11-13-6-5-9-19-16(13)21(3)4/h5-10,18H,11H2,1-4H3,(H,20,22). The first-order chi connectivity index (χ1) is 11.8. The first-order valence-corrected chi connectivity index (χ1v) is 9.18. The summed E-state index contributed by atoms with van der Waals surface area (Å²) in [6, 6.07) is 8.17. The van der Waals surface area contributed by atoms with Crippen molar-refractivity contribution in [2.75, 3.05) is 26.0 Å². The number of aryl methyl sites for hydroxylation is 1. The number of sulfonamides is 1. The number of anilines is 1. The first kappa shape index (κ1) is 18.9. The summed E-state index contributed by atoms with van der Waals surface area (Å²) in [6.45, 7) is 2.06. The van der Waals surface area contributed by atoms with Crippen molar-refractivity contribution < 1.29 is 13.2 Å². The van der Waals surface area contributed by atoms with Crippen molar-refractivity contribution in [1.29, 1.82) is 0 Å². The summed E-state index contributed by atoms with van der Waals surface area (Å²) in [5.74, 6) is 0.435. The Balaban J connectivity index is 2.24. The van der Waals surface area contributed by atoms with E-state index in [2.05, 4.69) is 15.0 Å². The van der Waals surface area contributed by atoms with Gasteiger partial charge in [0, 0.05) is 38.0 Å². The van der Waals surface area contributed by atoms with Crippen LogP contribution in [0.5, 0.6) is 0 Å². The second kappa shape index (κ2) is 7.62. The largest absolute Gasteiger partial charge is 0.362 e. The van der Waals surface area contributed by atoms with E-state index in [0.29, 0.717) is 17.7 Å². The minimum atomic E-state index is -3.60.